The van der Waals surface area contributed by atoms with Gasteiger partial charge in [0.05, 0.1) is 0 Å². The summed E-state index contributed by atoms with van der Waals surface area (Å²) in [4.78, 5) is 10.8. The highest BCUT2D eigenvalue weighted by molar-refractivity contribution is 5.66. The van der Waals surface area contributed by atoms with Crippen LogP contribution in [-0.4, -0.2) is 11.1 Å². The Hall–Kier alpha value is -0.790. The van der Waals surface area contributed by atoms with Gasteiger partial charge in [-0.15, -0.1) is 0 Å². The van der Waals surface area contributed by atoms with E-state index in [1.807, 2.05) is 0 Å². The maximum atomic E-state index is 10.8. The molecular formula is C36H68O2. The van der Waals surface area contributed by atoms with Gasteiger partial charge in [0.15, 0.2) is 0 Å². The molecule has 0 radical (unpaired) electrons. The zero-order chi connectivity index (χ0) is 27.7. The summed E-state index contributed by atoms with van der Waals surface area (Å²) in [6.07, 6.45) is 39.6. The van der Waals surface area contributed by atoms with Crippen molar-refractivity contribution in [3.05, 3.63) is 12.2 Å². The molecule has 0 spiro atoms. The molecule has 0 heterocycles. The van der Waals surface area contributed by atoms with E-state index in [0.717, 1.165) is 36.5 Å². The second kappa shape index (κ2) is 25.2. The van der Waals surface area contributed by atoms with Crippen LogP contribution in [0.5, 0.6) is 0 Å². The molecule has 4 unspecified atom stereocenters. The summed E-state index contributed by atoms with van der Waals surface area (Å²) in [6, 6.07) is 0. The molecule has 0 fully saturated rings. The van der Waals surface area contributed by atoms with Gasteiger partial charge in [-0.25, -0.2) is 0 Å². The first-order valence-electron chi connectivity index (χ1n) is 17.5. The molecule has 1 rings (SSSR count). The van der Waals surface area contributed by atoms with Crippen molar-refractivity contribution in [2.45, 2.75) is 188 Å². The molecule has 0 aromatic carbocycles. The number of carboxylic acids is 1. The lowest BCUT2D eigenvalue weighted by Crippen LogP contribution is -2.32. The molecule has 0 aromatic rings. The Morgan fingerprint density at radius 1 is 0.474 bits per heavy atom. The van der Waals surface area contributed by atoms with Crippen molar-refractivity contribution in [2.24, 2.45) is 23.7 Å². The summed E-state index contributed by atoms with van der Waals surface area (Å²) in [5.74, 6) is 2.76. The first-order chi connectivity index (χ1) is 18.6. The van der Waals surface area contributed by atoms with Crippen LogP contribution >= 0.6 is 0 Å². The van der Waals surface area contributed by atoms with E-state index < -0.39 is 5.97 Å². The van der Waals surface area contributed by atoms with Crippen LogP contribution in [0.1, 0.15) is 188 Å². The number of hydrogen-bond donors (Lipinski definition) is 1. The van der Waals surface area contributed by atoms with Gasteiger partial charge < -0.3 is 5.11 Å². The van der Waals surface area contributed by atoms with Crippen molar-refractivity contribution in [3.8, 4) is 0 Å². The smallest absolute Gasteiger partial charge is 0.303 e. The number of hydrogen-bond acceptors (Lipinski definition) is 1. The number of rotatable bonds is 27. The van der Waals surface area contributed by atoms with Crippen molar-refractivity contribution < 1.29 is 9.90 Å². The van der Waals surface area contributed by atoms with Gasteiger partial charge in [0.25, 0.3) is 0 Å². The molecule has 0 aliphatic heterocycles. The van der Waals surface area contributed by atoms with Crippen molar-refractivity contribution >= 4 is 5.97 Å². The lowest BCUT2D eigenvalue weighted by atomic mass is 9.64. The van der Waals surface area contributed by atoms with Gasteiger partial charge in [-0.2, -0.15) is 0 Å². The fraction of sp³-hybridized carbons (Fsp3) is 0.917. The van der Waals surface area contributed by atoms with Crippen LogP contribution in [0.15, 0.2) is 12.2 Å². The molecule has 2 heteroatoms. The topological polar surface area (TPSA) is 37.3 Å². The first-order valence-corrected chi connectivity index (χ1v) is 17.5. The highest BCUT2D eigenvalue weighted by Crippen LogP contribution is 2.44. The normalized spacial score (nSPS) is 21.2. The van der Waals surface area contributed by atoms with E-state index in [1.165, 1.54) is 148 Å². The predicted octanol–water partition coefficient (Wildman–Crippen LogP) is 12.3. The molecule has 224 valence electrons. The summed E-state index contributed by atoms with van der Waals surface area (Å²) in [5.41, 5.74) is 0. The van der Waals surface area contributed by atoms with Gasteiger partial charge in [-0.3, -0.25) is 4.79 Å². The average Bonchev–Trinajstić information content (AvgIpc) is 2.91. The first kappa shape index (κ1) is 35.2. The van der Waals surface area contributed by atoms with Gasteiger partial charge in [0.1, 0.15) is 0 Å². The van der Waals surface area contributed by atoms with Crippen molar-refractivity contribution in [1.29, 1.82) is 0 Å². The van der Waals surface area contributed by atoms with E-state index in [4.69, 9.17) is 5.11 Å². The number of unbranched alkanes of at least 4 members (excludes halogenated alkanes) is 17. The second-order valence-corrected chi connectivity index (χ2v) is 12.7. The van der Waals surface area contributed by atoms with Crippen molar-refractivity contribution in [3.63, 3.8) is 0 Å². The molecule has 1 aliphatic rings. The molecule has 1 aliphatic carbocycles. The van der Waals surface area contributed by atoms with Crippen molar-refractivity contribution in [1.82, 2.24) is 0 Å². The van der Waals surface area contributed by atoms with E-state index in [2.05, 4.69) is 32.9 Å². The molecule has 0 saturated carbocycles. The largest absolute Gasteiger partial charge is 0.481 e. The molecule has 0 saturated heterocycles. The van der Waals surface area contributed by atoms with Crippen LogP contribution in [0.25, 0.3) is 0 Å². The maximum absolute atomic E-state index is 10.8. The van der Waals surface area contributed by atoms with E-state index >= 15 is 0 Å². The third-order valence-electron chi connectivity index (χ3n) is 9.36. The van der Waals surface area contributed by atoms with E-state index in [0.29, 0.717) is 6.42 Å². The zero-order valence-corrected chi connectivity index (χ0v) is 26.2. The van der Waals surface area contributed by atoms with E-state index in [-0.39, 0.29) is 0 Å². The Labute approximate surface area is 239 Å². The standard InChI is InChI=1S/C36H68O2/c1-4-7-10-13-17-22-27-34-32(25-20-12-9-6-3)30-31-33(26-21-16-15-19-24-29-36(37)38)35(34)28-23-18-14-11-8-5-2/h30-35H,4-29H2,1-3H3,(H,37,38). The van der Waals surface area contributed by atoms with Crippen LogP contribution in [0.2, 0.25) is 0 Å². The Morgan fingerprint density at radius 2 is 0.789 bits per heavy atom. The number of aliphatic carboxylic acids is 1. The van der Waals surface area contributed by atoms with E-state index in [1.54, 1.807) is 0 Å². The number of carboxylic acid groups (broad SMARTS) is 1. The van der Waals surface area contributed by atoms with Gasteiger partial charge in [0.2, 0.25) is 0 Å². The summed E-state index contributed by atoms with van der Waals surface area (Å²) >= 11 is 0. The van der Waals surface area contributed by atoms with Gasteiger partial charge in [-0.1, -0.05) is 161 Å². The lowest BCUT2D eigenvalue weighted by Gasteiger charge is -2.41. The molecule has 0 bridgehead atoms. The summed E-state index contributed by atoms with van der Waals surface area (Å²) in [7, 11) is 0. The summed E-state index contributed by atoms with van der Waals surface area (Å²) in [5, 5.41) is 8.88. The maximum Gasteiger partial charge on any atom is 0.303 e. The summed E-state index contributed by atoms with van der Waals surface area (Å²) in [6.45, 7) is 6.97. The Bertz CT molecular complexity index is 554. The average molecular weight is 533 g/mol. The fourth-order valence-corrected chi connectivity index (χ4v) is 7.00. The summed E-state index contributed by atoms with van der Waals surface area (Å²) < 4.78 is 0. The highest BCUT2D eigenvalue weighted by Gasteiger charge is 2.34. The van der Waals surface area contributed by atoms with Crippen LogP contribution in [0.3, 0.4) is 0 Å². The SMILES string of the molecule is CCCCCCCCC1C(CCCCCC)C=CC(CCCCCCCC(=O)O)C1CCCCCCCC. The second-order valence-electron chi connectivity index (χ2n) is 12.7. The quantitative estimate of drug-likeness (QED) is 0.0843. The van der Waals surface area contributed by atoms with Gasteiger partial charge in [0, 0.05) is 6.42 Å². The Kier molecular flexibility index (Phi) is 23.4. The minimum absolute atomic E-state index is 0.339. The van der Waals surface area contributed by atoms with Gasteiger partial charge in [-0.05, 0) is 55.8 Å². The van der Waals surface area contributed by atoms with Crippen molar-refractivity contribution in [2.75, 3.05) is 0 Å². The minimum atomic E-state index is -0.643. The Balaban J connectivity index is 2.73. The van der Waals surface area contributed by atoms with Crippen LogP contribution in [0, 0.1) is 23.7 Å². The molecule has 1 N–H and O–H groups in total. The molecule has 0 amide bonds. The fourth-order valence-electron chi connectivity index (χ4n) is 7.00. The number of carbonyl (C=O) groups is 1. The van der Waals surface area contributed by atoms with Gasteiger partial charge >= 0.3 is 5.97 Å². The van der Waals surface area contributed by atoms with Crippen LogP contribution in [0.4, 0.5) is 0 Å². The lowest BCUT2D eigenvalue weighted by molar-refractivity contribution is -0.137. The monoisotopic (exact) mass is 533 g/mol. The molecular weight excluding hydrogens is 464 g/mol. The molecule has 2 nitrogen and oxygen atoms in total. The highest BCUT2D eigenvalue weighted by atomic mass is 16.4. The molecule has 38 heavy (non-hydrogen) atoms. The predicted molar refractivity (Wildman–Crippen MR) is 168 cm³/mol. The van der Waals surface area contributed by atoms with Crippen LogP contribution in [-0.2, 0) is 4.79 Å². The third-order valence-corrected chi connectivity index (χ3v) is 9.36. The van der Waals surface area contributed by atoms with E-state index in [9.17, 15) is 4.79 Å². The number of allylic oxidation sites excluding steroid dienone is 2. The third kappa shape index (κ3) is 17.7. The molecule has 0 aromatic heterocycles. The minimum Gasteiger partial charge on any atom is -0.481 e. The Morgan fingerprint density at radius 3 is 1.18 bits per heavy atom. The molecule has 4 atom stereocenters. The zero-order valence-electron chi connectivity index (χ0n) is 26.2. The van der Waals surface area contributed by atoms with Crippen LogP contribution < -0.4 is 0 Å².